The number of methoxy groups -OCH3 is 1. The summed E-state index contributed by atoms with van der Waals surface area (Å²) in [5.74, 6) is 0.779. The van der Waals surface area contributed by atoms with Gasteiger partial charge in [-0.3, -0.25) is 15.0 Å². The van der Waals surface area contributed by atoms with Crippen LogP contribution in [0.4, 0.5) is 4.39 Å². The highest BCUT2D eigenvalue weighted by Crippen LogP contribution is 2.23. The minimum Gasteiger partial charge on any atom is -0.497 e. The SMILES string of the molecule is COc1cc(Cc2cnccn2)nc(C[C@@H](C)c2ccc(F)cc2)c1. The molecule has 0 saturated heterocycles. The molecule has 0 radical (unpaired) electrons. The largest absolute Gasteiger partial charge is 0.497 e. The zero-order valence-corrected chi connectivity index (χ0v) is 14.3. The molecule has 1 aromatic carbocycles. The Bertz CT molecular complexity index is 822. The molecule has 0 aliphatic heterocycles. The van der Waals surface area contributed by atoms with E-state index in [2.05, 4.69) is 16.9 Å². The molecule has 128 valence electrons. The lowest BCUT2D eigenvalue weighted by molar-refractivity contribution is 0.412. The van der Waals surface area contributed by atoms with Gasteiger partial charge in [0.25, 0.3) is 0 Å². The fraction of sp³-hybridized carbons (Fsp3) is 0.250. The van der Waals surface area contributed by atoms with E-state index < -0.39 is 0 Å². The number of ether oxygens (including phenoxy) is 1. The molecule has 4 nitrogen and oxygen atoms in total. The quantitative estimate of drug-likeness (QED) is 0.683. The van der Waals surface area contributed by atoms with Crippen molar-refractivity contribution in [2.75, 3.05) is 7.11 Å². The molecule has 0 bridgehead atoms. The monoisotopic (exact) mass is 337 g/mol. The van der Waals surface area contributed by atoms with Gasteiger partial charge in [-0.2, -0.15) is 0 Å². The van der Waals surface area contributed by atoms with Crippen molar-refractivity contribution in [1.82, 2.24) is 15.0 Å². The second-order valence-electron chi connectivity index (χ2n) is 6.02. The van der Waals surface area contributed by atoms with Gasteiger partial charge >= 0.3 is 0 Å². The predicted molar refractivity (Wildman–Crippen MR) is 94.1 cm³/mol. The number of hydrogen-bond donors (Lipinski definition) is 0. The number of rotatable bonds is 6. The molecule has 2 aromatic heterocycles. The molecule has 0 spiro atoms. The smallest absolute Gasteiger partial charge is 0.123 e. The van der Waals surface area contributed by atoms with E-state index in [1.165, 1.54) is 12.1 Å². The van der Waals surface area contributed by atoms with Crippen LogP contribution in [0.1, 0.15) is 35.5 Å². The van der Waals surface area contributed by atoms with E-state index in [-0.39, 0.29) is 11.7 Å². The molecule has 0 aliphatic rings. The fourth-order valence-corrected chi connectivity index (χ4v) is 2.76. The molecule has 0 fully saturated rings. The summed E-state index contributed by atoms with van der Waals surface area (Å²) in [6.45, 7) is 2.11. The van der Waals surface area contributed by atoms with Crippen molar-refractivity contribution in [3.63, 3.8) is 0 Å². The average Bonchev–Trinajstić information content (AvgIpc) is 2.63. The van der Waals surface area contributed by atoms with Crippen LogP contribution >= 0.6 is 0 Å². The molecule has 0 unspecified atom stereocenters. The first-order valence-corrected chi connectivity index (χ1v) is 8.18. The molecule has 0 aliphatic carbocycles. The van der Waals surface area contributed by atoms with Gasteiger partial charge < -0.3 is 4.74 Å². The standard InChI is InChI=1S/C20H20FN3O/c1-14(15-3-5-16(21)6-4-15)9-17-11-20(25-2)12-18(24-17)10-19-13-22-7-8-23-19/h3-8,11-14H,9-10H2,1-2H3/t14-/m1/s1. The van der Waals surface area contributed by atoms with Crippen LogP contribution < -0.4 is 4.74 Å². The topological polar surface area (TPSA) is 47.9 Å². The Kier molecular flexibility index (Phi) is 5.33. The predicted octanol–water partition coefficient (Wildman–Crippen LogP) is 3.96. The van der Waals surface area contributed by atoms with Crippen molar-refractivity contribution in [3.05, 3.63) is 83.5 Å². The number of benzene rings is 1. The summed E-state index contributed by atoms with van der Waals surface area (Å²) >= 11 is 0. The molecule has 5 heteroatoms. The van der Waals surface area contributed by atoms with Gasteiger partial charge in [0, 0.05) is 42.8 Å². The Morgan fingerprint density at radius 2 is 1.80 bits per heavy atom. The van der Waals surface area contributed by atoms with E-state index in [9.17, 15) is 4.39 Å². The lowest BCUT2D eigenvalue weighted by Crippen LogP contribution is -2.04. The Hall–Kier alpha value is -2.82. The molecular formula is C20H20FN3O. The second-order valence-corrected chi connectivity index (χ2v) is 6.02. The van der Waals surface area contributed by atoms with Crippen LogP contribution in [0, 0.1) is 5.82 Å². The van der Waals surface area contributed by atoms with Crippen LogP contribution in [0.15, 0.2) is 55.0 Å². The van der Waals surface area contributed by atoms with E-state index in [4.69, 9.17) is 9.72 Å². The van der Waals surface area contributed by atoms with E-state index in [0.717, 1.165) is 34.8 Å². The maximum Gasteiger partial charge on any atom is 0.123 e. The first-order chi connectivity index (χ1) is 12.1. The Morgan fingerprint density at radius 3 is 2.48 bits per heavy atom. The molecule has 1 atom stereocenters. The minimum absolute atomic E-state index is 0.221. The van der Waals surface area contributed by atoms with Crippen LogP contribution in [0.25, 0.3) is 0 Å². The lowest BCUT2D eigenvalue weighted by Gasteiger charge is -2.13. The van der Waals surface area contributed by atoms with Gasteiger partial charge in [0.1, 0.15) is 11.6 Å². The molecule has 2 heterocycles. The van der Waals surface area contributed by atoms with Crippen LogP contribution in [0.2, 0.25) is 0 Å². The van der Waals surface area contributed by atoms with E-state index >= 15 is 0 Å². The van der Waals surface area contributed by atoms with E-state index in [0.29, 0.717) is 6.42 Å². The highest BCUT2D eigenvalue weighted by molar-refractivity contribution is 5.30. The third-order valence-corrected chi connectivity index (χ3v) is 4.07. The molecule has 0 saturated carbocycles. The first kappa shape index (κ1) is 17.0. The molecule has 0 amide bonds. The molecule has 25 heavy (non-hydrogen) atoms. The summed E-state index contributed by atoms with van der Waals surface area (Å²) in [6, 6.07) is 10.5. The maximum atomic E-state index is 13.1. The van der Waals surface area contributed by atoms with Crippen molar-refractivity contribution in [3.8, 4) is 5.75 Å². The third kappa shape index (κ3) is 4.59. The first-order valence-electron chi connectivity index (χ1n) is 8.18. The number of nitrogens with zero attached hydrogens (tertiary/aromatic N) is 3. The van der Waals surface area contributed by atoms with Gasteiger partial charge in [0.2, 0.25) is 0 Å². The summed E-state index contributed by atoms with van der Waals surface area (Å²) < 4.78 is 18.5. The van der Waals surface area contributed by atoms with Gasteiger partial charge in [0.15, 0.2) is 0 Å². The highest BCUT2D eigenvalue weighted by Gasteiger charge is 2.11. The van der Waals surface area contributed by atoms with Crippen molar-refractivity contribution < 1.29 is 9.13 Å². The Morgan fingerprint density at radius 1 is 1.04 bits per heavy atom. The number of hydrogen-bond acceptors (Lipinski definition) is 4. The zero-order valence-electron chi connectivity index (χ0n) is 14.3. The van der Waals surface area contributed by atoms with Crippen molar-refractivity contribution in [2.24, 2.45) is 0 Å². The second kappa shape index (κ2) is 7.83. The van der Waals surface area contributed by atoms with E-state index in [1.54, 1.807) is 25.7 Å². The molecule has 3 aromatic rings. The number of halogens is 1. The van der Waals surface area contributed by atoms with Crippen LogP contribution in [0.3, 0.4) is 0 Å². The zero-order chi connectivity index (χ0) is 17.6. The van der Waals surface area contributed by atoms with Crippen LogP contribution in [0.5, 0.6) is 5.75 Å². The summed E-state index contributed by atoms with van der Waals surface area (Å²) in [6.07, 6.45) is 6.41. The summed E-state index contributed by atoms with van der Waals surface area (Å²) in [5.41, 5.74) is 3.78. The van der Waals surface area contributed by atoms with Crippen molar-refractivity contribution >= 4 is 0 Å². The Balaban J connectivity index is 1.80. The maximum absolute atomic E-state index is 13.1. The van der Waals surface area contributed by atoms with Gasteiger partial charge in [0.05, 0.1) is 18.5 Å². The van der Waals surface area contributed by atoms with Crippen LogP contribution in [-0.4, -0.2) is 22.1 Å². The van der Waals surface area contributed by atoms with Gasteiger partial charge in [-0.1, -0.05) is 19.1 Å². The lowest BCUT2D eigenvalue weighted by atomic mass is 9.95. The normalized spacial score (nSPS) is 12.0. The molecular weight excluding hydrogens is 317 g/mol. The minimum atomic E-state index is -0.221. The van der Waals surface area contributed by atoms with Crippen molar-refractivity contribution in [1.29, 1.82) is 0 Å². The average molecular weight is 337 g/mol. The summed E-state index contributed by atoms with van der Waals surface area (Å²) in [5, 5.41) is 0. The molecule has 3 rings (SSSR count). The Labute approximate surface area is 146 Å². The number of pyridine rings is 1. The third-order valence-electron chi connectivity index (χ3n) is 4.07. The summed E-state index contributed by atoms with van der Waals surface area (Å²) in [7, 11) is 1.65. The number of aromatic nitrogens is 3. The van der Waals surface area contributed by atoms with Crippen molar-refractivity contribution in [2.45, 2.75) is 25.7 Å². The van der Waals surface area contributed by atoms with E-state index in [1.807, 2.05) is 24.3 Å². The fourth-order valence-electron chi connectivity index (χ4n) is 2.76. The van der Waals surface area contributed by atoms with Gasteiger partial charge in [-0.25, -0.2) is 4.39 Å². The van der Waals surface area contributed by atoms with Gasteiger partial charge in [-0.15, -0.1) is 0 Å². The van der Waals surface area contributed by atoms with Gasteiger partial charge in [-0.05, 0) is 30.0 Å². The highest BCUT2D eigenvalue weighted by atomic mass is 19.1. The van der Waals surface area contributed by atoms with Crippen LogP contribution in [-0.2, 0) is 12.8 Å². The summed E-state index contributed by atoms with van der Waals surface area (Å²) in [4.78, 5) is 13.1. The molecule has 0 N–H and O–H groups in total.